The molecule has 1 aliphatic heterocycles. The van der Waals surface area contributed by atoms with Gasteiger partial charge >= 0.3 is 0 Å². The smallest absolute Gasteiger partial charge is 0.231 e. The van der Waals surface area contributed by atoms with Crippen LogP contribution in [0.15, 0.2) is 29.8 Å². The lowest BCUT2D eigenvalue weighted by molar-refractivity contribution is -0.122. The Labute approximate surface area is 140 Å². The van der Waals surface area contributed by atoms with Gasteiger partial charge in [-0.25, -0.2) is 4.98 Å². The SMILES string of the molecule is O=C(Nc1nccs1)[C@@H]1CC(=O)N(c2cc(Cl)cc(Cl)c2)C1. The Bertz CT molecular complexity index is 701. The number of benzene rings is 1. The van der Waals surface area contributed by atoms with Crippen LogP contribution in [-0.2, 0) is 9.59 Å². The largest absolute Gasteiger partial charge is 0.311 e. The van der Waals surface area contributed by atoms with Gasteiger partial charge in [0.05, 0.1) is 5.92 Å². The van der Waals surface area contributed by atoms with Crippen molar-refractivity contribution in [1.82, 2.24) is 4.98 Å². The number of halogens is 2. The normalized spacial score (nSPS) is 17.8. The summed E-state index contributed by atoms with van der Waals surface area (Å²) in [6, 6.07) is 4.92. The monoisotopic (exact) mass is 355 g/mol. The van der Waals surface area contributed by atoms with Crippen LogP contribution in [0.4, 0.5) is 10.8 Å². The second kappa shape index (κ2) is 6.24. The molecule has 0 aliphatic carbocycles. The van der Waals surface area contributed by atoms with E-state index in [9.17, 15) is 9.59 Å². The lowest BCUT2D eigenvalue weighted by atomic mass is 10.1. The topological polar surface area (TPSA) is 62.3 Å². The molecule has 2 amide bonds. The number of anilines is 2. The Morgan fingerprint density at radius 2 is 2.05 bits per heavy atom. The van der Waals surface area contributed by atoms with Gasteiger partial charge in [0.2, 0.25) is 11.8 Å². The predicted molar refractivity (Wildman–Crippen MR) is 87.7 cm³/mol. The molecule has 22 heavy (non-hydrogen) atoms. The number of nitrogens with zero attached hydrogens (tertiary/aromatic N) is 2. The molecule has 0 spiro atoms. The van der Waals surface area contributed by atoms with Crippen molar-refractivity contribution in [2.24, 2.45) is 5.92 Å². The summed E-state index contributed by atoms with van der Waals surface area (Å²) in [4.78, 5) is 29.9. The molecule has 2 aromatic rings. The molecule has 114 valence electrons. The first-order valence-corrected chi connectivity index (χ1v) is 8.13. The number of nitrogens with one attached hydrogen (secondary N) is 1. The summed E-state index contributed by atoms with van der Waals surface area (Å²) >= 11 is 13.3. The van der Waals surface area contributed by atoms with Crippen LogP contribution >= 0.6 is 34.5 Å². The highest BCUT2D eigenvalue weighted by Gasteiger charge is 2.35. The van der Waals surface area contributed by atoms with E-state index in [1.807, 2.05) is 0 Å². The van der Waals surface area contributed by atoms with Gasteiger partial charge in [0, 0.05) is 40.3 Å². The second-order valence-electron chi connectivity index (χ2n) is 4.86. The third-order valence-electron chi connectivity index (χ3n) is 3.32. The van der Waals surface area contributed by atoms with Crippen LogP contribution in [0.5, 0.6) is 0 Å². The first-order chi connectivity index (χ1) is 10.5. The van der Waals surface area contributed by atoms with Gasteiger partial charge in [0.25, 0.3) is 0 Å². The van der Waals surface area contributed by atoms with E-state index >= 15 is 0 Å². The second-order valence-corrected chi connectivity index (χ2v) is 6.63. The molecule has 1 atom stereocenters. The third kappa shape index (κ3) is 3.24. The number of hydrogen-bond acceptors (Lipinski definition) is 4. The van der Waals surface area contributed by atoms with Crippen LogP contribution < -0.4 is 10.2 Å². The molecule has 1 fully saturated rings. The van der Waals surface area contributed by atoms with Crippen molar-refractivity contribution in [2.75, 3.05) is 16.8 Å². The van der Waals surface area contributed by atoms with Gasteiger partial charge in [0.15, 0.2) is 5.13 Å². The van der Waals surface area contributed by atoms with Gasteiger partial charge in [-0.1, -0.05) is 23.2 Å². The average Bonchev–Trinajstić information content (AvgIpc) is 3.07. The first-order valence-electron chi connectivity index (χ1n) is 6.50. The Balaban J connectivity index is 1.74. The molecule has 1 N–H and O–H groups in total. The molecule has 1 aliphatic rings. The van der Waals surface area contributed by atoms with Crippen molar-refractivity contribution in [3.05, 3.63) is 39.8 Å². The van der Waals surface area contributed by atoms with Crippen LogP contribution in [0.3, 0.4) is 0 Å². The molecular weight excluding hydrogens is 345 g/mol. The van der Waals surface area contributed by atoms with E-state index in [0.29, 0.717) is 27.4 Å². The number of carbonyl (C=O) groups is 2. The van der Waals surface area contributed by atoms with Crippen molar-refractivity contribution >= 4 is 57.2 Å². The lowest BCUT2D eigenvalue weighted by Crippen LogP contribution is -2.28. The van der Waals surface area contributed by atoms with E-state index in [2.05, 4.69) is 10.3 Å². The van der Waals surface area contributed by atoms with E-state index in [0.717, 1.165) is 0 Å². The molecule has 0 saturated carbocycles. The fourth-order valence-electron chi connectivity index (χ4n) is 2.32. The fraction of sp³-hybridized carbons (Fsp3) is 0.214. The maximum absolute atomic E-state index is 12.2. The summed E-state index contributed by atoms with van der Waals surface area (Å²) in [6.45, 7) is 0.298. The van der Waals surface area contributed by atoms with Gasteiger partial charge < -0.3 is 10.2 Å². The van der Waals surface area contributed by atoms with E-state index < -0.39 is 5.92 Å². The molecule has 0 radical (unpaired) electrons. The van der Waals surface area contributed by atoms with Gasteiger partial charge in [-0.3, -0.25) is 9.59 Å². The molecular formula is C14H11Cl2N3O2S. The first kappa shape index (κ1) is 15.3. The molecule has 1 saturated heterocycles. The minimum Gasteiger partial charge on any atom is -0.311 e. The Morgan fingerprint density at radius 3 is 2.68 bits per heavy atom. The predicted octanol–water partition coefficient (Wildman–Crippen LogP) is 3.44. The van der Waals surface area contributed by atoms with E-state index in [1.54, 1.807) is 29.8 Å². The fourth-order valence-corrected chi connectivity index (χ4v) is 3.37. The molecule has 1 aromatic carbocycles. The van der Waals surface area contributed by atoms with Gasteiger partial charge in [-0.15, -0.1) is 11.3 Å². The molecule has 2 heterocycles. The number of thiazole rings is 1. The van der Waals surface area contributed by atoms with E-state index in [4.69, 9.17) is 23.2 Å². The van der Waals surface area contributed by atoms with Crippen molar-refractivity contribution in [3.8, 4) is 0 Å². The standard InChI is InChI=1S/C14H11Cl2N3O2S/c15-9-4-10(16)6-11(5-9)19-7-8(3-12(19)20)13(21)18-14-17-1-2-22-14/h1-2,4-6,8H,3,7H2,(H,17,18,21)/t8-/m1/s1. The zero-order valence-corrected chi connectivity index (χ0v) is 13.6. The summed E-state index contributed by atoms with van der Waals surface area (Å²) in [6.07, 6.45) is 1.77. The summed E-state index contributed by atoms with van der Waals surface area (Å²) in [5, 5.41) is 5.92. The highest BCUT2D eigenvalue weighted by Crippen LogP contribution is 2.30. The van der Waals surface area contributed by atoms with Crippen LogP contribution in [0.2, 0.25) is 10.0 Å². The molecule has 1 aromatic heterocycles. The average molecular weight is 356 g/mol. The lowest BCUT2D eigenvalue weighted by Gasteiger charge is -2.17. The molecule has 0 unspecified atom stereocenters. The maximum Gasteiger partial charge on any atom is 0.231 e. The van der Waals surface area contributed by atoms with Gasteiger partial charge in [-0.05, 0) is 18.2 Å². The highest BCUT2D eigenvalue weighted by atomic mass is 35.5. The van der Waals surface area contributed by atoms with Crippen molar-refractivity contribution in [1.29, 1.82) is 0 Å². The zero-order chi connectivity index (χ0) is 15.7. The van der Waals surface area contributed by atoms with Crippen molar-refractivity contribution in [3.63, 3.8) is 0 Å². The minimum absolute atomic E-state index is 0.127. The van der Waals surface area contributed by atoms with Crippen LogP contribution in [0.1, 0.15) is 6.42 Å². The number of rotatable bonds is 3. The highest BCUT2D eigenvalue weighted by molar-refractivity contribution is 7.13. The van der Waals surface area contributed by atoms with E-state index in [-0.39, 0.29) is 18.2 Å². The number of carbonyl (C=O) groups excluding carboxylic acids is 2. The van der Waals surface area contributed by atoms with Crippen molar-refractivity contribution in [2.45, 2.75) is 6.42 Å². The molecule has 0 bridgehead atoms. The zero-order valence-electron chi connectivity index (χ0n) is 11.3. The summed E-state index contributed by atoms with van der Waals surface area (Å²) in [5.74, 6) is -0.759. The summed E-state index contributed by atoms with van der Waals surface area (Å²) in [5.41, 5.74) is 0.604. The van der Waals surface area contributed by atoms with Gasteiger partial charge in [-0.2, -0.15) is 0 Å². The number of hydrogen-bond donors (Lipinski definition) is 1. The quantitative estimate of drug-likeness (QED) is 0.916. The molecule has 8 heteroatoms. The minimum atomic E-state index is -0.422. The third-order valence-corrected chi connectivity index (χ3v) is 4.44. The number of amides is 2. The molecule has 5 nitrogen and oxygen atoms in total. The Hall–Kier alpha value is -1.63. The van der Waals surface area contributed by atoms with Crippen LogP contribution in [0, 0.1) is 5.92 Å². The van der Waals surface area contributed by atoms with Crippen molar-refractivity contribution < 1.29 is 9.59 Å². The van der Waals surface area contributed by atoms with Gasteiger partial charge in [0.1, 0.15) is 0 Å². The van der Waals surface area contributed by atoms with E-state index in [1.165, 1.54) is 16.2 Å². The Morgan fingerprint density at radius 1 is 1.32 bits per heavy atom. The van der Waals surface area contributed by atoms with Crippen LogP contribution in [-0.4, -0.2) is 23.3 Å². The molecule has 3 rings (SSSR count). The summed E-state index contributed by atoms with van der Waals surface area (Å²) in [7, 11) is 0. The number of aromatic nitrogens is 1. The Kier molecular flexibility index (Phi) is 4.33. The van der Waals surface area contributed by atoms with Crippen LogP contribution in [0.25, 0.3) is 0 Å². The summed E-state index contributed by atoms with van der Waals surface area (Å²) < 4.78 is 0. The maximum atomic E-state index is 12.2.